The van der Waals surface area contributed by atoms with Gasteiger partial charge in [0, 0.05) is 6.20 Å². The summed E-state index contributed by atoms with van der Waals surface area (Å²) in [4.78, 5) is 13.0. The van der Waals surface area contributed by atoms with Gasteiger partial charge in [-0.1, -0.05) is 11.6 Å². The monoisotopic (exact) mass is 265 g/mol. The van der Waals surface area contributed by atoms with E-state index in [1.165, 1.54) is 0 Å². The topological polar surface area (TPSA) is 39.2 Å². The van der Waals surface area contributed by atoms with Crippen molar-refractivity contribution in [3.05, 3.63) is 28.0 Å². The van der Waals surface area contributed by atoms with Crippen molar-refractivity contribution in [1.82, 2.24) is 4.98 Å². The van der Waals surface area contributed by atoms with Crippen molar-refractivity contribution in [2.75, 3.05) is 6.61 Å². The van der Waals surface area contributed by atoms with Gasteiger partial charge in [0.25, 0.3) is 6.47 Å². The molecule has 0 spiro atoms. The Bertz CT molecular complexity index is 219. The average molecular weight is 267 g/mol. The molecule has 0 aliphatic carbocycles. The molecule has 0 fully saturated rings. The lowest BCUT2D eigenvalue weighted by Crippen LogP contribution is -1.80. The molecule has 1 aromatic rings. The second-order valence-electron chi connectivity index (χ2n) is 1.85. The highest BCUT2D eigenvalue weighted by Gasteiger charge is 1.84. The van der Waals surface area contributed by atoms with Gasteiger partial charge in [0.05, 0.1) is 11.6 Å². The van der Waals surface area contributed by atoms with E-state index in [-0.39, 0.29) is 0 Å². The summed E-state index contributed by atoms with van der Waals surface area (Å²) in [5.41, 5.74) is 0. The smallest absolute Gasteiger partial charge is 0.293 e. The maximum atomic E-state index is 9.18. The van der Waals surface area contributed by atoms with Crippen LogP contribution in [0.15, 0.2) is 22.9 Å². The number of hydrogen-bond donors (Lipinski definition) is 0. The predicted octanol–water partition coefficient (Wildman–Crippen LogP) is 2.68. The number of aromatic nitrogens is 1. The van der Waals surface area contributed by atoms with Crippen LogP contribution in [0.2, 0.25) is 5.02 Å². The molecule has 0 aliphatic heterocycles. The van der Waals surface area contributed by atoms with Crippen molar-refractivity contribution in [3.8, 4) is 0 Å². The molecule has 72 valence electrons. The number of ether oxygens (including phenoxy) is 1. The van der Waals surface area contributed by atoms with Crippen LogP contribution in [0.3, 0.4) is 0 Å². The van der Waals surface area contributed by atoms with Crippen molar-refractivity contribution < 1.29 is 9.53 Å². The van der Waals surface area contributed by atoms with Crippen LogP contribution in [0.4, 0.5) is 0 Å². The number of pyridine rings is 1. The van der Waals surface area contributed by atoms with Crippen LogP contribution < -0.4 is 0 Å². The highest BCUT2D eigenvalue weighted by atomic mass is 79.9. The van der Waals surface area contributed by atoms with Crippen LogP contribution in [-0.2, 0) is 9.53 Å². The Balaban J connectivity index is 0.000000252. The summed E-state index contributed by atoms with van der Waals surface area (Å²) in [7, 11) is 0. The van der Waals surface area contributed by atoms with Gasteiger partial charge in [-0.15, -0.1) is 0 Å². The Labute approximate surface area is 90.2 Å². The Morgan fingerprint density at radius 3 is 2.62 bits per heavy atom. The standard InChI is InChI=1S/C5H3BrClN.C3H6O2/c6-5-2-1-4(7)3-8-5;1-2-5-3-4/h1-3H;3H,2H2,1H3. The molecular weight excluding hydrogens is 257 g/mol. The number of rotatable bonds is 2. The van der Waals surface area contributed by atoms with E-state index in [1.54, 1.807) is 25.3 Å². The fourth-order valence-corrected chi connectivity index (χ4v) is 0.772. The third-order valence-corrected chi connectivity index (χ3v) is 1.62. The van der Waals surface area contributed by atoms with Gasteiger partial charge in [0.1, 0.15) is 4.60 Å². The Kier molecular flexibility index (Phi) is 7.63. The third-order valence-electron chi connectivity index (χ3n) is 0.926. The maximum Gasteiger partial charge on any atom is 0.293 e. The molecule has 0 atom stereocenters. The highest BCUT2D eigenvalue weighted by molar-refractivity contribution is 9.10. The number of nitrogens with zero attached hydrogens (tertiary/aromatic N) is 1. The van der Waals surface area contributed by atoms with Gasteiger partial charge in [0.2, 0.25) is 0 Å². The van der Waals surface area contributed by atoms with Crippen molar-refractivity contribution in [3.63, 3.8) is 0 Å². The van der Waals surface area contributed by atoms with E-state index in [4.69, 9.17) is 11.6 Å². The van der Waals surface area contributed by atoms with Crippen molar-refractivity contribution in [2.24, 2.45) is 0 Å². The molecule has 0 amide bonds. The van der Waals surface area contributed by atoms with Gasteiger partial charge >= 0.3 is 0 Å². The molecule has 0 bridgehead atoms. The van der Waals surface area contributed by atoms with Crippen LogP contribution in [0.25, 0.3) is 0 Å². The molecule has 3 nitrogen and oxygen atoms in total. The SMILES string of the molecule is CCOC=O.Clc1ccc(Br)nc1. The average Bonchev–Trinajstić information content (AvgIpc) is 2.13. The lowest BCUT2D eigenvalue weighted by molar-refractivity contribution is -0.128. The molecule has 0 saturated carbocycles. The molecular formula is C8H9BrClNO2. The summed E-state index contributed by atoms with van der Waals surface area (Å²) in [6.07, 6.45) is 1.59. The molecule has 0 saturated heterocycles. The molecule has 1 heterocycles. The molecule has 5 heteroatoms. The molecule has 0 N–H and O–H groups in total. The lowest BCUT2D eigenvalue weighted by atomic mass is 10.5. The molecule has 0 aliphatic rings. The second-order valence-corrected chi connectivity index (χ2v) is 3.10. The van der Waals surface area contributed by atoms with E-state index < -0.39 is 0 Å². The van der Waals surface area contributed by atoms with Crippen LogP contribution in [-0.4, -0.2) is 18.1 Å². The minimum atomic E-state index is 0.431. The quantitative estimate of drug-likeness (QED) is 0.610. The molecule has 1 aromatic heterocycles. The van der Waals surface area contributed by atoms with E-state index in [2.05, 4.69) is 25.7 Å². The van der Waals surface area contributed by atoms with Gasteiger partial charge in [-0.05, 0) is 35.0 Å². The van der Waals surface area contributed by atoms with Crippen LogP contribution in [0.1, 0.15) is 6.92 Å². The fourth-order valence-electron chi connectivity index (χ4n) is 0.426. The predicted molar refractivity (Wildman–Crippen MR) is 54.6 cm³/mol. The van der Waals surface area contributed by atoms with Gasteiger partial charge in [-0.25, -0.2) is 4.98 Å². The van der Waals surface area contributed by atoms with Gasteiger partial charge in [0.15, 0.2) is 0 Å². The van der Waals surface area contributed by atoms with E-state index in [0.717, 1.165) is 4.60 Å². The first-order chi connectivity index (χ1) is 6.20. The highest BCUT2D eigenvalue weighted by Crippen LogP contribution is 2.09. The molecule has 0 radical (unpaired) electrons. The van der Waals surface area contributed by atoms with Crippen LogP contribution >= 0.6 is 27.5 Å². The molecule has 13 heavy (non-hydrogen) atoms. The first-order valence-corrected chi connectivity index (χ1v) is 4.70. The number of halogens is 2. The Hall–Kier alpha value is -0.610. The minimum Gasteiger partial charge on any atom is -0.468 e. The van der Waals surface area contributed by atoms with Crippen molar-refractivity contribution in [1.29, 1.82) is 0 Å². The molecule has 0 unspecified atom stereocenters. The zero-order chi connectivity index (χ0) is 10.1. The first-order valence-electron chi connectivity index (χ1n) is 3.53. The number of carbonyl (C=O) groups is 1. The largest absolute Gasteiger partial charge is 0.468 e. The zero-order valence-electron chi connectivity index (χ0n) is 7.04. The lowest BCUT2D eigenvalue weighted by Gasteiger charge is -1.85. The summed E-state index contributed by atoms with van der Waals surface area (Å²) >= 11 is 8.70. The van der Waals surface area contributed by atoms with Crippen LogP contribution in [0, 0.1) is 0 Å². The summed E-state index contributed by atoms with van der Waals surface area (Å²) in [6, 6.07) is 3.57. The summed E-state index contributed by atoms with van der Waals surface area (Å²) in [5, 5.41) is 0.660. The molecule has 0 aromatic carbocycles. The number of hydrogen-bond acceptors (Lipinski definition) is 3. The normalized spacial score (nSPS) is 8.23. The van der Waals surface area contributed by atoms with E-state index >= 15 is 0 Å². The molecule has 1 rings (SSSR count). The summed E-state index contributed by atoms with van der Waals surface area (Å²) < 4.78 is 4.96. The second kappa shape index (κ2) is 8.01. The zero-order valence-corrected chi connectivity index (χ0v) is 9.38. The maximum absolute atomic E-state index is 9.18. The van der Waals surface area contributed by atoms with Gasteiger partial charge in [-0.3, -0.25) is 4.79 Å². The van der Waals surface area contributed by atoms with Gasteiger partial charge in [-0.2, -0.15) is 0 Å². The first kappa shape index (κ1) is 12.4. The minimum absolute atomic E-state index is 0.431. The van der Waals surface area contributed by atoms with E-state index in [1.807, 2.05) is 0 Å². The third kappa shape index (κ3) is 7.74. The Morgan fingerprint density at radius 1 is 1.69 bits per heavy atom. The van der Waals surface area contributed by atoms with Crippen molar-refractivity contribution in [2.45, 2.75) is 6.92 Å². The van der Waals surface area contributed by atoms with Crippen molar-refractivity contribution >= 4 is 34.0 Å². The number of carbonyl (C=O) groups excluding carboxylic acids is 1. The Morgan fingerprint density at radius 2 is 2.38 bits per heavy atom. The van der Waals surface area contributed by atoms with Gasteiger partial charge < -0.3 is 4.74 Å². The fraction of sp³-hybridized carbons (Fsp3) is 0.250. The summed E-state index contributed by atoms with van der Waals surface area (Å²) in [6.45, 7) is 2.66. The van der Waals surface area contributed by atoms with E-state index in [9.17, 15) is 4.79 Å². The van der Waals surface area contributed by atoms with E-state index in [0.29, 0.717) is 18.1 Å². The van der Waals surface area contributed by atoms with Crippen LogP contribution in [0.5, 0.6) is 0 Å². The summed E-state index contributed by atoms with van der Waals surface area (Å²) in [5.74, 6) is 0.